The lowest BCUT2D eigenvalue weighted by Gasteiger charge is -2.10. The van der Waals surface area contributed by atoms with Crippen LogP contribution in [0.1, 0.15) is 15.9 Å². The molecule has 0 aliphatic carbocycles. The van der Waals surface area contributed by atoms with Crippen molar-refractivity contribution in [2.24, 2.45) is 0 Å². The van der Waals surface area contributed by atoms with Crippen molar-refractivity contribution in [3.63, 3.8) is 0 Å². The average molecular weight is 357 g/mol. The van der Waals surface area contributed by atoms with Crippen LogP contribution in [0.2, 0.25) is 5.02 Å². The third-order valence-electron chi connectivity index (χ3n) is 3.11. The predicted octanol–water partition coefficient (Wildman–Crippen LogP) is 3.38. The first-order chi connectivity index (χ1) is 12.1. The quantitative estimate of drug-likeness (QED) is 0.473. The lowest BCUT2D eigenvalue weighted by atomic mass is 10.2. The van der Waals surface area contributed by atoms with E-state index >= 15 is 0 Å². The fourth-order valence-electron chi connectivity index (χ4n) is 1.93. The summed E-state index contributed by atoms with van der Waals surface area (Å²) in [5.74, 6) is -0.572. The molecule has 2 N–H and O–H groups in total. The van der Waals surface area contributed by atoms with Gasteiger partial charge in [0.15, 0.2) is 0 Å². The second-order valence-electron chi connectivity index (χ2n) is 4.89. The number of hydrazine groups is 1. The van der Waals surface area contributed by atoms with Crippen molar-refractivity contribution in [1.29, 1.82) is 0 Å². The number of rotatable bonds is 6. The molecule has 2 amide bonds. The van der Waals surface area contributed by atoms with E-state index in [9.17, 15) is 9.59 Å². The highest BCUT2D eigenvalue weighted by atomic mass is 35.5. The molecule has 2 rings (SSSR count). The topological polar surface area (TPSA) is 67.4 Å². The van der Waals surface area contributed by atoms with E-state index in [0.29, 0.717) is 21.9 Å². The predicted molar refractivity (Wildman–Crippen MR) is 98.2 cm³/mol. The van der Waals surface area contributed by atoms with Gasteiger partial charge in [0.1, 0.15) is 12.4 Å². The van der Waals surface area contributed by atoms with Gasteiger partial charge in [-0.2, -0.15) is 0 Å². The van der Waals surface area contributed by atoms with E-state index < -0.39 is 11.8 Å². The minimum atomic E-state index is -0.488. The molecule has 0 bridgehead atoms. The maximum absolute atomic E-state index is 12.2. The monoisotopic (exact) mass is 356 g/mol. The molecule has 2 aromatic rings. The Morgan fingerprint density at radius 2 is 1.80 bits per heavy atom. The number of ether oxygens (including phenoxy) is 1. The zero-order chi connectivity index (χ0) is 18.1. The van der Waals surface area contributed by atoms with E-state index in [-0.39, 0.29) is 6.61 Å². The number of carbonyl (C=O) groups is 2. The van der Waals surface area contributed by atoms with E-state index in [1.807, 2.05) is 6.07 Å². The summed E-state index contributed by atoms with van der Waals surface area (Å²) in [4.78, 5) is 24.0. The number of hydrogen-bond acceptors (Lipinski definition) is 3. The van der Waals surface area contributed by atoms with Gasteiger partial charge in [-0.1, -0.05) is 54.6 Å². The Morgan fingerprint density at radius 1 is 1.08 bits per heavy atom. The number of nitrogens with one attached hydrogen (secondary N) is 2. The molecule has 0 aromatic heterocycles. The van der Waals surface area contributed by atoms with Crippen LogP contribution < -0.4 is 15.6 Å². The Kier molecular flexibility index (Phi) is 6.80. The van der Waals surface area contributed by atoms with Crippen LogP contribution in [0.4, 0.5) is 0 Å². The molecule has 128 valence electrons. The second-order valence-corrected chi connectivity index (χ2v) is 5.30. The van der Waals surface area contributed by atoms with Crippen LogP contribution >= 0.6 is 11.6 Å². The maximum Gasteiger partial charge on any atom is 0.273 e. The van der Waals surface area contributed by atoms with Crippen molar-refractivity contribution < 1.29 is 14.3 Å². The number of amides is 2. The molecule has 0 aliphatic heterocycles. The van der Waals surface area contributed by atoms with Crippen LogP contribution in [0.5, 0.6) is 5.75 Å². The first-order valence-electron chi connectivity index (χ1n) is 7.47. The molecule has 0 radical (unpaired) electrons. The minimum absolute atomic E-state index is 0.275. The lowest BCUT2D eigenvalue weighted by molar-refractivity contribution is -0.117. The molecular formula is C19H17ClN2O3. The fourth-order valence-corrected chi connectivity index (χ4v) is 2.13. The Balaban J connectivity index is 1.95. The maximum atomic E-state index is 12.2. The first kappa shape index (κ1) is 18.3. The minimum Gasteiger partial charge on any atom is -0.489 e. The van der Waals surface area contributed by atoms with E-state index in [2.05, 4.69) is 17.4 Å². The lowest BCUT2D eigenvalue weighted by Crippen LogP contribution is -2.40. The van der Waals surface area contributed by atoms with Crippen LogP contribution in [0.25, 0.3) is 6.08 Å². The Bertz CT molecular complexity index is 803. The van der Waals surface area contributed by atoms with E-state index in [0.717, 1.165) is 0 Å². The van der Waals surface area contributed by atoms with Gasteiger partial charge < -0.3 is 4.74 Å². The Hall–Kier alpha value is -3.05. The van der Waals surface area contributed by atoms with E-state index in [1.54, 1.807) is 54.6 Å². The van der Waals surface area contributed by atoms with Crippen LogP contribution in [0.15, 0.2) is 67.3 Å². The van der Waals surface area contributed by atoms with Crippen molar-refractivity contribution >= 4 is 29.5 Å². The van der Waals surface area contributed by atoms with E-state index in [4.69, 9.17) is 16.3 Å². The molecule has 0 saturated heterocycles. The number of para-hydroxylation sites is 1. The van der Waals surface area contributed by atoms with Crippen molar-refractivity contribution in [3.8, 4) is 5.75 Å². The second kappa shape index (κ2) is 9.30. The van der Waals surface area contributed by atoms with Gasteiger partial charge in [0.05, 0.1) is 5.56 Å². The number of halogens is 1. The standard InChI is InChI=1S/C19H17ClN2O3/c1-2-13-25-17-10-6-4-8-15(17)19(24)22-21-18(23)12-11-14-7-3-5-9-16(14)20/h2-12H,1,13H2,(H,21,23)(H,22,24). The molecule has 0 heterocycles. The number of benzene rings is 2. The summed E-state index contributed by atoms with van der Waals surface area (Å²) in [6.07, 6.45) is 4.42. The summed E-state index contributed by atoms with van der Waals surface area (Å²) in [6.45, 7) is 3.84. The van der Waals surface area contributed by atoms with Gasteiger partial charge in [-0.15, -0.1) is 0 Å². The average Bonchev–Trinajstić information content (AvgIpc) is 2.64. The third kappa shape index (κ3) is 5.51. The van der Waals surface area contributed by atoms with Crippen LogP contribution in [0.3, 0.4) is 0 Å². The summed E-state index contributed by atoms with van der Waals surface area (Å²) >= 11 is 6.00. The van der Waals surface area contributed by atoms with Crippen LogP contribution in [0, 0.1) is 0 Å². The van der Waals surface area contributed by atoms with Gasteiger partial charge in [0.25, 0.3) is 11.8 Å². The molecule has 25 heavy (non-hydrogen) atoms. The van der Waals surface area contributed by atoms with Crippen molar-refractivity contribution in [2.75, 3.05) is 6.61 Å². The first-order valence-corrected chi connectivity index (χ1v) is 7.85. The molecular weight excluding hydrogens is 340 g/mol. The Morgan fingerprint density at radius 3 is 2.56 bits per heavy atom. The molecule has 0 unspecified atom stereocenters. The Labute approximate surface area is 150 Å². The van der Waals surface area contributed by atoms with Crippen molar-refractivity contribution in [2.45, 2.75) is 0 Å². The SMILES string of the molecule is C=CCOc1ccccc1C(=O)NNC(=O)C=Cc1ccccc1Cl. The summed E-state index contributed by atoms with van der Waals surface area (Å²) in [5.41, 5.74) is 5.66. The van der Waals surface area contributed by atoms with Gasteiger partial charge in [0, 0.05) is 11.1 Å². The van der Waals surface area contributed by atoms with Crippen LogP contribution in [-0.2, 0) is 4.79 Å². The number of carbonyl (C=O) groups excluding carboxylic acids is 2. The highest BCUT2D eigenvalue weighted by Crippen LogP contribution is 2.18. The summed E-state index contributed by atoms with van der Waals surface area (Å²) in [7, 11) is 0. The van der Waals surface area contributed by atoms with Crippen molar-refractivity contribution in [1.82, 2.24) is 10.9 Å². The van der Waals surface area contributed by atoms with Gasteiger partial charge in [0.2, 0.25) is 0 Å². The van der Waals surface area contributed by atoms with Crippen LogP contribution in [-0.4, -0.2) is 18.4 Å². The summed E-state index contributed by atoms with van der Waals surface area (Å²) < 4.78 is 5.41. The molecule has 0 spiro atoms. The highest BCUT2D eigenvalue weighted by molar-refractivity contribution is 6.32. The largest absolute Gasteiger partial charge is 0.489 e. The van der Waals surface area contributed by atoms with Gasteiger partial charge in [-0.25, -0.2) is 0 Å². The molecule has 0 atom stereocenters. The normalized spacial score (nSPS) is 10.3. The fraction of sp³-hybridized carbons (Fsp3) is 0.0526. The van der Waals surface area contributed by atoms with E-state index in [1.165, 1.54) is 6.08 Å². The number of hydrogen-bond donors (Lipinski definition) is 2. The summed E-state index contributed by atoms with van der Waals surface area (Å²) in [6, 6.07) is 13.8. The molecule has 6 heteroatoms. The zero-order valence-electron chi connectivity index (χ0n) is 13.4. The van der Waals surface area contributed by atoms with Gasteiger partial charge in [-0.3, -0.25) is 20.4 Å². The molecule has 0 aliphatic rings. The van der Waals surface area contributed by atoms with Gasteiger partial charge in [-0.05, 0) is 29.8 Å². The zero-order valence-corrected chi connectivity index (χ0v) is 14.1. The molecule has 5 nitrogen and oxygen atoms in total. The van der Waals surface area contributed by atoms with Crippen molar-refractivity contribution in [3.05, 3.63) is 83.4 Å². The highest BCUT2D eigenvalue weighted by Gasteiger charge is 2.12. The smallest absolute Gasteiger partial charge is 0.273 e. The molecule has 0 saturated carbocycles. The third-order valence-corrected chi connectivity index (χ3v) is 3.45. The molecule has 2 aromatic carbocycles. The van der Waals surface area contributed by atoms with Gasteiger partial charge >= 0.3 is 0 Å². The molecule has 0 fully saturated rings. The summed E-state index contributed by atoms with van der Waals surface area (Å²) in [5, 5.41) is 0.531.